The van der Waals surface area contributed by atoms with E-state index in [-0.39, 0.29) is 35.8 Å². The van der Waals surface area contributed by atoms with E-state index in [0.717, 1.165) is 10.1 Å². The fourth-order valence-corrected chi connectivity index (χ4v) is 5.80. The Hall–Kier alpha value is -5.42. The average Bonchev–Trinajstić information content (AvgIpc) is 3.33. The van der Waals surface area contributed by atoms with Crippen LogP contribution < -0.4 is 15.3 Å². The Morgan fingerprint density at radius 2 is 1.79 bits per heavy atom. The van der Waals surface area contributed by atoms with Crippen LogP contribution in [0.1, 0.15) is 49.4 Å². The summed E-state index contributed by atoms with van der Waals surface area (Å²) >= 11 is 6.55. The predicted octanol–water partition coefficient (Wildman–Crippen LogP) is 6.26. The lowest BCUT2D eigenvalue weighted by Gasteiger charge is -2.26. The number of halogens is 1. The maximum atomic E-state index is 14.5. The van der Waals surface area contributed by atoms with Crippen molar-refractivity contribution in [3.8, 4) is 11.5 Å². The number of imidazole rings is 1. The van der Waals surface area contributed by atoms with Crippen LogP contribution in [0, 0.1) is 0 Å². The summed E-state index contributed by atoms with van der Waals surface area (Å²) in [5.74, 6) is 0.577. The van der Waals surface area contributed by atoms with Gasteiger partial charge in [-0.2, -0.15) is 4.57 Å². The number of carbonyl (C=O) groups excluding carboxylic acids is 2. The number of nitrogens with one attached hydrogen (secondary N) is 1. The van der Waals surface area contributed by atoms with Crippen molar-refractivity contribution >= 4 is 46.2 Å². The maximum absolute atomic E-state index is 14.5. The molecule has 0 fully saturated rings. The minimum Gasteiger partial charge on any atom is -0.508 e. The molecule has 11 nitrogen and oxygen atoms in total. The molecule has 12 heteroatoms. The highest BCUT2D eigenvalue weighted by molar-refractivity contribution is 6.32. The number of methoxy groups -OCH3 is 1. The predicted molar refractivity (Wildman–Crippen MR) is 183 cm³/mol. The number of ether oxygens (including phenoxy) is 2. The van der Waals surface area contributed by atoms with Crippen molar-refractivity contribution in [1.29, 1.82) is 0 Å². The Kier molecular flexibility index (Phi) is 8.81. The van der Waals surface area contributed by atoms with Crippen molar-refractivity contribution < 1.29 is 24.2 Å². The molecule has 246 valence electrons. The first kappa shape index (κ1) is 32.5. The molecule has 5 aromatic rings. The Morgan fingerprint density at radius 3 is 2.50 bits per heavy atom. The number of benzene rings is 3. The number of H-pyrrole nitrogens is 1. The number of carbonyl (C=O) groups is 2. The number of aromatic hydroxyl groups is 1. The maximum Gasteiger partial charge on any atom is 0.423 e. The number of nitrogens with zero attached hydrogens (tertiary/aromatic N) is 4. The molecule has 1 amide bonds. The zero-order valence-corrected chi connectivity index (χ0v) is 27.6. The van der Waals surface area contributed by atoms with Crippen molar-refractivity contribution in [2.75, 3.05) is 12.0 Å². The second-order valence-corrected chi connectivity index (χ2v) is 12.9. The third-order valence-electron chi connectivity index (χ3n) is 7.91. The van der Waals surface area contributed by atoms with Crippen LogP contribution in [0.2, 0.25) is 5.02 Å². The first-order valence-corrected chi connectivity index (χ1v) is 15.7. The number of aliphatic imine (C=N–C) groups is 1. The molecule has 2 N–H and O–H groups in total. The van der Waals surface area contributed by atoms with Crippen LogP contribution in [0.15, 0.2) is 88.8 Å². The number of aromatic amines is 1. The van der Waals surface area contributed by atoms with Crippen molar-refractivity contribution in [2.45, 2.75) is 51.8 Å². The molecule has 0 bridgehead atoms. The fourth-order valence-electron chi connectivity index (χ4n) is 5.63. The zero-order valence-electron chi connectivity index (χ0n) is 26.9. The van der Waals surface area contributed by atoms with E-state index in [1.54, 1.807) is 69.2 Å². The SMILES string of the molecule is COc1ccc(CN2C(=O)C(CCc3ccccc3O)N=C(c3cnc4[nH]c(=O)n(C(=O)OC(C)(C)C)c4c3)c3cc(Cl)ccc32)cc1. The number of benzodiazepines with no additional fused rings is 1. The summed E-state index contributed by atoms with van der Waals surface area (Å²) in [6.07, 6.45) is 1.33. The average molecular weight is 668 g/mol. The number of para-hydroxylation sites is 1. The Morgan fingerprint density at radius 1 is 1.04 bits per heavy atom. The molecule has 2 aromatic heterocycles. The summed E-state index contributed by atoms with van der Waals surface area (Å²) in [4.78, 5) is 54.2. The number of rotatable bonds is 7. The minimum absolute atomic E-state index is 0.134. The molecule has 1 aliphatic rings. The van der Waals surface area contributed by atoms with Crippen LogP contribution in [0.3, 0.4) is 0 Å². The second kappa shape index (κ2) is 13.0. The lowest BCUT2D eigenvalue weighted by Crippen LogP contribution is -2.37. The van der Waals surface area contributed by atoms with E-state index in [1.807, 2.05) is 36.4 Å². The smallest absolute Gasteiger partial charge is 0.423 e. The minimum atomic E-state index is -0.876. The van der Waals surface area contributed by atoms with Gasteiger partial charge in [-0.3, -0.25) is 14.8 Å². The summed E-state index contributed by atoms with van der Waals surface area (Å²) in [5.41, 5.74) is 2.37. The molecular weight excluding hydrogens is 634 g/mol. The van der Waals surface area contributed by atoms with E-state index in [0.29, 0.717) is 45.3 Å². The number of phenolic OH excluding ortho intramolecular Hbond substituents is 1. The van der Waals surface area contributed by atoms with Gasteiger partial charge in [0, 0.05) is 22.3 Å². The van der Waals surface area contributed by atoms with Gasteiger partial charge in [-0.15, -0.1) is 0 Å². The number of pyridine rings is 1. The van der Waals surface area contributed by atoms with Crippen molar-refractivity contribution in [2.24, 2.45) is 4.99 Å². The van der Waals surface area contributed by atoms with Crippen LogP contribution in [0.4, 0.5) is 10.5 Å². The first-order chi connectivity index (χ1) is 22.9. The summed E-state index contributed by atoms with van der Waals surface area (Å²) < 4.78 is 11.7. The summed E-state index contributed by atoms with van der Waals surface area (Å²) in [5, 5.41) is 10.9. The highest BCUT2D eigenvalue weighted by Gasteiger charge is 2.33. The van der Waals surface area contributed by atoms with E-state index >= 15 is 0 Å². The van der Waals surface area contributed by atoms with Crippen molar-refractivity contribution in [3.63, 3.8) is 0 Å². The van der Waals surface area contributed by atoms with E-state index < -0.39 is 23.4 Å². The molecule has 48 heavy (non-hydrogen) atoms. The van der Waals surface area contributed by atoms with Crippen LogP contribution in [-0.4, -0.2) is 56.1 Å². The number of phenols is 1. The molecule has 0 saturated carbocycles. The molecule has 0 aliphatic carbocycles. The van der Waals surface area contributed by atoms with Crippen LogP contribution >= 0.6 is 11.6 Å². The normalized spacial score (nSPS) is 14.8. The molecule has 0 spiro atoms. The summed E-state index contributed by atoms with van der Waals surface area (Å²) in [6, 6.07) is 20.4. The Labute approximate surface area is 281 Å². The van der Waals surface area contributed by atoms with Crippen LogP contribution in [0.5, 0.6) is 11.5 Å². The number of amides is 1. The fraction of sp³-hybridized carbons (Fsp3) is 0.250. The number of fused-ring (bicyclic) bond motifs is 2. The monoisotopic (exact) mass is 667 g/mol. The Balaban J connectivity index is 1.50. The molecule has 1 atom stereocenters. The summed E-state index contributed by atoms with van der Waals surface area (Å²) in [6.45, 7) is 5.36. The number of aryl methyl sites for hydroxylation is 1. The van der Waals surface area contributed by atoms with Gasteiger partial charge in [0.15, 0.2) is 5.65 Å². The summed E-state index contributed by atoms with van der Waals surface area (Å²) in [7, 11) is 1.59. The number of aromatic nitrogens is 3. The lowest BCUT2D eigenvalue weighted by molar-refractivity contribution is -0.120. The zero-order chi connectivity index (χ0) is 34.2. The third kappa shape index (κ3) is 6.68. The molecule has 3 aromatic carbocycles. The topological polar surface area (TPSA) is 139 Å². The van der Waals surface area contributed by atoms with Gasteiger partial charge in [0.1, 0.15) is 28.7 Å². The van der Waals surface area contributed by atoms with Gasteiger partial charge in [0.2, 0.25) is 0 Å². The van der Waals surface area contributed by atoms with Gasteiger partial charge >= 0.3 is 11.8 Å². The van der Waals surface area contributed by atoms with E-state index in [1.165, 1.54) is 6.20 Å². The van der Waals surface area contributed by atoms with E-state index in [4.69, 9.17) is 26.1 Å². The van der Waals surface area contributed by atoms with Gasteiger partial charge < -0.3 is 19.5 Å². The molecule has 0 radical (unpaired) electrons. The van der Waals surface area contributed by atoms with Gasteiger partial charge in [-0.05, 0) is 87.2 Å². The number of anilines is 1. The standard InChI is InChI=1S/C36H34ClN5O6/c1-36(2,3)48-35(46)42-29-17-23(19-38-32(29)40-34(42)45)31-26-18-24(37)12-16-28(26)41(20-21-9-13-25(47-4)14-10-21)33(44)27(39-31)15-11-22-7-5-6-8-30(22)43/h5-10,12-14,16-19,27,43H,11,15,20H2,1-4H3,(H,38,40,45). The largest absolute Gasteiger partial charge is 0.508 e. The van der Waals surface area contributed by atoms with Crippen LogP contribution in [0.25, 0.3) is 11.2 Å². The lowest BCUT2D eigenvalue weighted by atomic mass is 10.0. The molecule has 0 saturated heterocycles. The Bertz CT molecular complexity index is 2110. The number of hydrogen-bond donors (Lipinski definition) is 2. The second-order valence-electron chi connectivity index (χ2n) is 12.4. The first-order valence-electron chi connectivity index (χ1n) is 15.4. The highest BCUT2D eigenvalue weighted by Crippen LogP contribution is 2.34. The highest BCUT2D eigenvalue weighted by atomic mass is 35.5. The van der Waals surface area contributed by atoms with Crippen LogP contribution in [-0.2, 0) is 22.5 Å². The van der Waals surface area contributed by atoms with Gasteiger partial charge in [-0.1, -0.05) is 41.9 Å². The molecule has 1 aliphatic heterocycles. The van der Waals surface area contributed by atoms with Gasteiger partial charge in [-0.25, -0.2) is 14.6 Å². The van der Waals surface area contributed by atoms with Crippen molar-refractivity contribution in [1.82, 2.24) is 14.5 Å². The van der Waals surface area contributed by atoms with Crippen molar-refractivity contribution in [3.05, 3.63) is 117 Å². The quantitative estimate of drug-likeness (QED) is 0.209. The third-order valence-corrected chi connectivity index (χ3v) is 8.14. The van der Waals surface area contributed by atoms with E-state index in [9.17, 15) is 19.5 Å². The van der Waals surface area contributed by atoms with E-state index in [2.05, 4.69) is 9.97 Å². The molecular formula is C36H34ClN5O6. The molecule has 1 unspecified atom stereocenters. The van der Waals surface area contributed by atoms with Gasteiger partial charge in [0.05, 0.1) is 25.1 Å². The molecule has 3 heterocycles. The van der Waals surface area contributed by atoms with Gasteiger partial charge in [0.25, 0.3) is 5.91 Å². The molecule has 6 rings (SSSR count). The number of hydrogen-bond acceptors (Lipinski definition) is 8.